The van der Waals surface area contributed by atoms with Crippen LogP contribution in [0.1, 0.15) is 52.5 Å². The number of imidazole rings is 1. The van der Waals surface area contributed by atoms with Crippen molar-refractivity contribution in [2.75, 3.05) is 0 Å². The van der Waals surface area contributed by atoms with Gasteiger partial charge in [-0.2, -0.15) is 0 Å². The summed E-state index contributed by atoms with van der Waals surface area (Å²) in [6.07, 6.45) is 2.41. The molecule has 2 heterocycles. The zero-order chi connectivity index (χ0) is 19.7. The van der Waals surface area contributed by atoms with Crippen molar-refractivity contribution in [3.8, 4) is 5.69 Å². The Morgan fingerprint density at radius 2 is 1.70 bits per heavy atom. The summed E-state index contributed by atoms with van der Waals surface area (Å²) in [7, 11) is 0. The fourth-order valence-electron chi connectivity index (χ4n) is 3.25. The molecule has 0 atom stereocenters. The zero-order valence-electron chi connectivity index (χ0n) is 16.8. The Morgan fingerprint density at radius 3 is 2.26 bits per heavy atom. The molecule has 0 N–H and O–H groups in total. The third kappa shape index (κ3) is 3.48. The Kier molecular flexibility index (Phi) is 5.35. The number of hydrogen-bond acceptors (Lipinski definition) is 3. The summed E-state index contributed by atoms with van der Waals surface area (Å²) >= 11 is 0. The number of nitrogens with zero attached hydrogens (tertiary/aromatic N) is 4. The summed E-state index contributed by atoms with van der Waals surface area (Å²) in [5, 5.41) is 0. The van der Waals surface area contributed by atoms with Gasteiger partial charge in [0.05, 0.1) is 12.0 Å². The smallest absolute Gasteiger partial charge is 0.325 e. The number of aromatic nitrogens is 4. The first-order valence-corrected chi connectivity index (χ1v) is 9.66. The Morgan fingerprint density at radius 1 is 1.04 bits per heavy atom. The van der Waals surface area contributed by atoms with Gasteiger partial charge in [-0.05, 0) is 42.9 Å². The van der Waals surface area contributed by atoms with Gasteiger partial charge in [0.1, 0.15) is 0 Å². The maximum absolute atomic E-state index is 13.2. The Labute approximate surface area is 159 Å². The van der Waals surface area contributed by atoms with Gasteiger partial charge >= 0.3 is 5.69 Å². The van der Waals surface area contributed by atoms with Crippen LogP contribution < -0.4 is 11.2 Å². The van der Waals surface area contributed by atoms with E-state index in [2.05, 4.69) is 32.7 Å². The zero-order valence-corrected chi connectivity index (χ0v) is 16.8. The normalized spacial score (nSPS) is 11.8. The first kappa shape index (κ1) is 19.1. The minimum absolute atomic E-state index is 0.259. The molecule has 6 nitrogen and oxygen atoms in total. The molecule has 0 fully saturated rings. The minimum Gasteiger partial charge on any atom is -0.325 e. The summed E-state index contributed by atoms with van der Waals surface area (Å²) in [5.41, 5.74) is 2.25. The van der Waals surface area contributed by atoms with Crippen molar-refractivity contribution in [3.63, 3.8) is 0 Å². The summed E-state index contributed by atoms with van der Waals surface area (Å²) in [4.78, 5) is 30.6. The van der Waals surface area contributed by atoms with Crippen LogP contribution in [0.15, 0.2) is 40.2 Å². The molecule has 1 aromatic carbocycles. The molecule has 0 saturated heterocycles. The van der Waals surface area contributed by atoms with Crippen LogP contribution in [-0.4, -0.2) is 18.7 Å². The molecule has 0 aliphatic heterocycles. The van der Waals surface area contributed by atoms with E-state index in [4.69, 9.17) is 0 Å². The molecule has 0 aliphatic carbocycles. The van der Waals surface area contributed by atoms with Crippen LogP contribution in [0.4, 0.5) is 0 Å². The highest BCUT2D eigenvalue weighted by Gasteiger charge is 2.19. The van der Waals surface area contributed by atoms with E-state index < -0.39 is 0 Å². The lowest BCUT2D eigenvalue weighted by atomic mass is 10.0. The summed E-state index contributed by atoms with van der Waals surface area (Å²) in [6.45, 7) is 11.4. The molecule has 3 rings (SSSR count). The lowest BCUT2D eigenvalue weighted by Gasteiger charge is -2.14. The summed E-state index contributed by atoms with van der Waals surface area (Å²) in [5.74, 6) is 0.817. The molecule has 0 saturated carbocycles. The van der Waals surface area contributed by atoms with Gasteiger partial charge in [0.15, 0.2) is 11.2 Å². The van der Waals surface area contributed by atoms with Crippen molar-refractivity contribution < 1.29 is 0 Å². The highest BCUT2D eigenvalue weighted by molar-refractivity contribution is 5.72. The summed E-state index contributed by atoms with van der Waals surface area (Å²) < 4.78 is 4.72. The lowest BCUT2D eigenvalue weighted by molar-refractivity contribution is 0.491. The fraction of sp³-hybridized carbons (Fsp3) is 0.476. The van der Waals surface area contributed by atoms with Crippen molar-refractivity contribution in [1.29, 1.82) is 0 Å². The van der Waals surface area contributed by atoms with Crippen LogP contribution >= 0.6 is 0 Å². The monoisotopic (exact) mass is 368 g/mol. The predicted molar refractivity (Wildman–Crippen MR) is 109 cm³/mol. The fourth-order valence-corrected chi connectivity index (χ4v) is 3.25. The van der Waals surface area contributed by atoms with Crippen LogP contribution in [-0.2, 0) is 13.1 Å². The van der Waals surface area contributed by atoms with Crippen molar-refractivity contribution >= 4 is 11.2 Å². The van der Waals surface area contributed by atoms with Crippen molar-refractivity contribution in [2.45, 2.75) is 60.0 Å². The average Bonchev–Trinajstić information content (AvgIpc) is 3.05. The first-order chi connectivity index (χ1) is 12.8. The number of rotatable bonds is 6. The topological polar surface area (TPSA) is 61.8 Å². The van der Waals surface area contributed by atoms with Gasteiger partial charge in [-0.3, -0.25) is 9.36 Å². The van der Waals surface area contributed by atoms with Crippen LogP contribution in [0.3, 0.4) is 0 Å². The van der Waals surface area contributed by atoms with Gasteiger partial charge < -0.3 is 4.57 Å². The van der Waals surface area contributed by atoms with Gasteiger partial charge in [0.2, 0.25) is 0 Å². The van der Waals surface area contributed by atoms with E-state index in [1.165, 1.54) is 10.1 Å². The van der Waals surface area contributed by atoms with Gasteiger partial charge in [-0.25, -0.2) is 14.3 Å². The van der Waals surface area contributed by atoms with E-state index >= 15 is 0 Å². The molecule has 0 bridgehead atoms. The van der Waals surface area contributed by atoms with E-state index in [0.29, 0.717) is 36.1 Å². The average molecular weight is 368 g/mol. The van der Waals surface area contributed by atoms with E-state index in [9.17, 15) is 9.59 Å². The van der Waals surface area contributed by atoms with E-state index in [0.717, 1.165) is 12.1 Å². The van der Waals surface area contributed by atoms with Gasteiger partial charge in [0.25, 0.3) is 5.56 Å². The van der Waals surface area contributed by atoms with E-state index in [1.807, 2.05) is 35.8 Å². The van der Waals surface area contributed by atoms with Crippen molar-refractivity contribution in [3.05, 3.63) is 57.0 Å². The van der Waals surface area contributed by atoms with Crippen LogP contribution in [0.2, 0.25) is 0 Å². The number of fused-ring (bicyclic) bond motifs is 1. The van der Waals surface area contributed by atoms with Gasteiger partial charge in [0, 0.05) is 13.1 Å². The second-order valence-electron chi connectivity index (χ2n) is 7.71. The van der Waals surface area contributed by atoms with Crippen LogP contribution in [0.5, 0.6) is 0 Å². The second-order valence-corrected chi connectivity index (χ2v) is 7.71. The number of aryl methyl sites for hydroxylation is 1. The quantitative estimate of drug-likeness (QED) is 0.669. The molecular formula is C21H28N4O2. The molecule has 2 aromatic heterocycles. The molecule has 0 radical (unpaired) electrons. The van der Waals surface area contributed by atoms with E-state index in [1.54, 1.807) is 10.9 Å². The third-order valence-corrected chi connectivity index (χ3v) is 4.99. The van der Waals surface area contributed by atoms with Crippen LogP contribution in [0, 0.1) is 5.92 Å². The second kappa shape index (κ2) is 7.55. The highest BCUT2D eigenvalue weighted by atomic mass is 16.2. The minimum atomic E-state index is -0.327. The van der Waals surface area contributed by atoms with Gasteiger partial charge in [-0.15, -0.1) is 0 Å². The van der Waals surface area contributed by atoms with Crippen molar-refractivity contribution in [2.24, 2.45) is 5.92 Å². The molecule has 144 valence electrons. The predicted octanol–water partition coefficient (Wildman–Crippen LogP) is 3.54. The molecule has 6 heteroatoms. The largest absolute Gasteiger partial charge is 0.337 e. The standard InChI is InChI=1S/C21H28N4O2/c1-6-23-13-22-19-18(23)20(26)24(12-11-14(2)3)21(27)25(19)17-9-7-16(8-10-17)15(4)5/h7-10,13-15H,6,11-12H2,1-5H3. The number of hydrogen-bond donors (Lipinski definition) is 0. The molecule has 0 aliphatic rings. The third-order valence-electron chi connectivity index (χ3n) is 4.99. The van der Waals surface area contributed by atoms with Crippen LogP contribution in [0.25, 0.3) is 16.9 Å². The summed E-state index contributed by atoms with van der Waals surface area (Å²) in [6, 6.07) is 7.91. The number of benzene rings is 1. The van der Waals surface area contributed by atoms with Gasteiger partial charge in [-0.1, -0.05) is 39.8 Å². The van der Waals surface area contributed by atoms with Crippen molar-refractivity contribution in [1.82, 2.24) is 18.7 Å². The lowest BCUT2D eigenvalue weighted by Crippen LogP contribution is -2.40. The van der Waals surface area contributed by atoms with E-state index in [-0.39, 0.29) is 11.2 Å². The molecule has 0 unspecified atom stereocenters. The Balaban J connectivity index is 2.29. The molecule has 0 amide bonds. The Bertz CT molecular complexity index is 1050. The molecule has 27 heavy (non-hydrogen) atoms. The molecule has 3 aromatic rings. The SMILES string of the molecule is CCn1cnc2c1c(=O)n(CCC(C)C)c(=O)n2-c1ccc(C(C)C)cc1. The Hall–Kier alpha value is -2.63. The molecular weight excluding hydrogens is 340 g/mol. The first-order valence-electron chi connectivity index (χ1n) is 9.66. The maximum atomic E-state index is 13.2. The highest BCUT2D eigenvalue weighted by Crippen LogP contribution is 2.18. The maximum Gasteiger partial charge on any atom is 0.337 e. The molecule has 0 spiro atoms.